The van der Waals surface area contributed by atoms with Crippen molar-refractivity contribution in [2.75, 3.05) is 6.54 Å². The molecule has 0 bridgehead atoms. The molecule has 0 aliphatic carbocycles. The topological polar surface area (TPSA) is 53.6 Å². The Balaban J connectivity index is 2.00. The molecule has 2 aromatic rings. The van der Waals surface area contributed by atoms with Crippen LogP contribution >= 0.6 is 0 Å². The van der Waals surface area contributed by atoms with E-state index in [9.17, 15) is 0 Å². The average molecular weight is 244 g/mol. The Morgan fingerprint density at radius 1 is 1.22 bits per heavy atom. The van der Waals surface area contributed by atoms with Crippen molar-refractivity contribution in [3.63, 3.8) is 0 Å². The highest BCUT2D eigenvalue weighted by Crippen LogP contribution is 2.18. The molecule has 0 saturated heterocycles. The van der Waals surface area contributed by atoms with Gasteiger partial charge in [-0.1, -0.05) is 50.6 Å². The molecule has 1 aromatic heterocycles. The lowest BCUT2D eigenvalue weighted by Gasteiger charge is -2.09. The van der Waals surface area contributed by atoms with Gasteiger partial charge in [0.2, 0.25) is 0 Å². The minimum absolute atomic E-state index is 0.692. The lowest BCUT2D eigenvalue weighted by molar-refractivity contribution is 0.497. The number of hydrogen-bond acceptors (Lipinski definition) is 3. The molecule has 0 fully saturated rings. The third kappa shape index (κ3) is 3.17. The van der Waals surface area contributed by atoms with Crippen LogP contribution in [0, 0.1) is 5.92 Å². The van der Waals surface area contributed by atoms with Crippen molar-refractivity contribution in [2.24, 2.45) is 5.92 Å². The SMILES string of the molecule is CCC(C)CNCc1n[nH]nc1-c1ccccc1. The zero-order chi connectivity index (χ0) is 12.8. The third-order valence-corrected chi connectivity index (χ3v) is 3.15. The molecule has 0 radical (unpaired) electrons. The first-order valence-electron chi connectivity index (χ1n) is 6.47. The number of hydrogen-bond donors (Lipinski definition) is 2. The maximum atomic E-state index is 4.23. The maximum Gasteiger partial charge on any atom is 0.117 e. The molecule has 1 atom stereocenters. The Labute approximate surface area is 108 Å². The zero-order valence-electron chi connectivity index (χ0n) is 11.0. The molecule has 2 rings (SSSR count). The van der Waals surface area contributed by atoms with Gasteiger partial charge in [-0.3, -0.25) is 0 Å². The van der Waals surface area contributed by atoms with Gasteiger partial charge in [0.25, 0.3) is 0 Å². The first-order valence-corrected chi connectivity index (χ1v) is 6.47. The van der Waals surface area contributed by atoms with Crippen molar-refractivity contribution in [2.45, 2.75) is 26.8 Å². The molecule has 4 nitrogen and oxygen atoms in total. The molecule has 18 heavy (non-hydrogen) atoms. The number of nitrogens with one attached hydrogen (secondary N) is 2. The maximum absolute atomic E-state index is 4.23. The quantitative estimate of drug-likeness (QED) is 0.821. The van der Waals surface area contributed by atoms with Crippen molar-refractivity contribution in [1.29, 1.82) is 0 Å². The summed E-state index contributed by atoms with van der Waals surface area (Å²) < 4.78 is 0. The van der Waals surface area contributed by atoms with Crippen LogP contribution in [-0.2, 0) is 6.54 Å². The van der Waals surface area contributed by atoms with Gasteiger partial charge in [0.15, 0.2) is 0 Å². The summed E-state index contributed by atoms with van der Waals surface area (Å²) >= 11 is 0. The predicted octanol–water partition coefficient (Wildman–Crippen LogP) is 2.61. The molecular weight excluding hydrogens is 224 g/mol. The van der Waals surface area contributed by atoms with Crippen LogP contribution in [-0.4, -0.2) is 22.0 Å². The summed E-state index contributed by atoms with van der Waals surface area (Å²) in [6.07, 6.45) is 1.19. The fourth-order valence-electron chi connectivity index (χ4n) is 1.78. The van der Waals surface area contributed by atoms with Gasteiger partial charge in [-0.25, -0.2) is 0 Å². The normalized spacial score (nSPS) is 12.6. The predicted molar refractivity (Wildman–Crippen MR) is 73.0 cm³/mol. The highest BCUT2D eigenvalue weighted by molar-refractivity contribution is 5.60. The Kier molecular flexibility index (Phi) is 4.47. The second kappa shape index (κ2) is 6.31. The van der Waals surface area contributed by atoms with Crippen LogP contribution in [0.15, 0.2) is 30.3 Å². The number of H-pyrrole nitrogens is 1. The van der Waals surface area contributed by atoms with Gasteiger partial charge in [-0.15, -0.1) is 0 Å². The summed E-state index contributed by atoms with van der Waals surface area (Å²) in [6.45, 7) is 6.22. The largest absolute Gasteiger partial charge is 0.311 e. The molecule has 1 aromatic carbocycles. The molecule has 0 amide bonds. The molecule has 0 spiro atoms. The minimum Gasteiger partial charge on any atom is -0.311 e. The van der Waals surface area contributed by atoms with Gasteiger partial charge in [-0.2, -0.15) is 15.4 Å². The van der Waals surface area contributed by atoms with Gasteiger partial charge in [0.05, 0.1) is 0 Å². The van der Waals surface area contributed by atoms with Crippen LogP contribution in [0.5, 0.6) is 0 Å². The molecule has 0 aliphatic rings. The van der Waals surface area contributed by atoms with Crippen LogP contribution in [0.4, 0.5) is 0 Å². The van der Waals surface area contributed by atoms with Gasteiger partial charge >= 0.3 is 0 Å². The lowest BCUT2D eigenvalue weighted by Crippen LogP contribution is -2.20. The monoisotopic (exact) mass is 244 g/mol. The Morgan fingerprint density at radius 3 is 2.72 bits per heavy atom. The van der Waals surface area contributed by atoms with Crippen LogP contribution in [0.1, 0.15) is 26.0 Å². The molecule has 0 aliphatic heterocycles. The van der Waals surface area contributed by atoms with E-state index in [1.165, 1.54) is 6.42 Å². The van der Waals surface area contributed by atoms with Gasteiger partial charge in [-0.05, 0) is 12.5 Å². The van der Waals surface area contributed by atoms with Gasteiger partial charge in [0, 0.05) is 12.1 Å². The summed E-state index contributed by atoms with van der Waals surface area (Å²) in [5.74, 6) is 0.692. The van der Waals surface area contributed by atoms with Gasteiger partial charge in [0.1, 0.15) is 11.4 Å². The Hall–Kier alpha value is -1.68. The fourth-order valence-corrected chi connectivity index (χ4v) is 1.78. The minimum atomic E-state index is 0.692. The highest BCUT2D eigenvalue weighted by atomic mass is 15.3. The Bertz CT molecular complexity index is 464. The summed E-state index contributed by atoms with van der Waals surface area (Å²) in [7, 11) is 0. The number of benzene rings is 1. The molecule has 0 saturated carbocycles. The van der Waals surface area contributed by atoms with E-state index in [1.54, 1.807) is 0 Å². The molecule has 2 N–H and O–H groups in total. The van der Waals surface area contributed by atoms with Crippen molar-refractivity contribution >= 4 is 0 Å². The molecule has 1 heterocycles. The summed E-state index contributed by atoms with van der Waals surface area (Å²) in [6, 6.07) is 10.1. The van der Waals surface area contributed by atoms with Crippen molar-refractivity contribution in [1.82, 2.24) is 20.7 Å². The zero-order valence-corrected chi connectivity index (χ0v) is 11.0. The first-order chi connectivity index (χ1) is 8.81. The van der Waals surface area contributed by atoms with Crippen LogP contribution in [0.3, 0.4) is 0 Å². The number of nitrogens with zero attached hydrogens (tertiary/aromatic N) is 2. The standard InChI is InChI=1S/C14H20N4/c1-3-11(2)9-15-10-13-14(17-18-16-13)12-7-5-4-6-8-12/h4-8,11,15H,3,9-10H2,1-2H3,(H,16,17,18). The fraction of sp³-hybridized carbons (Fsp3) is 0.429. The van der Waals surface area contributed by atoms with Gasteiger partial charge < -0.3 is 5.32 Å². The molecular formula is C14H20N4. The van der Waals surface area contributed by atoms with E-state index in [-0.39, 0.29) is 0 Å². The second-order valence-electron chi connectivity index (χ2n) is 4.63. The number of rotatable bonds is 6. The number of aromatic amines is 1. The summed E-state index contributed by atoms with van der Waals surface area (Å²) in [4.78, 5) is 0. The van der Waals surface area contributed by atoms with Crippen molar-refractivity contribution in [3.8, 4) is 11.3 Å². The highest BCUT2D eigenvalue weighted by Gasteiger charge is 2.09. The smallest absolute Gasteiger partial charge is 0.117 e. The third-order valence-electron chi connectivity index (χ3n) is 3.15. The van der Waals surface area contributed by atoms with Crippen LogP contribution in [0.25, 0.3) is 11.3 Å². The molecule has 96 valence electrons. The van der Waals surface area contributed by atoms with Crippen LogP contribution < -0.4 is 5.32 Å². The second-order valence-corrected chi connectivity index (χ2v) is 4.63. The van der Waals surface area contributed by atoms with E-state index in [1.807, 2.05) is 18.2 Å². The summed E-state index contributed by atoms with van der Waals surface area (Å²) in [5, 5.41) is 14.6. The van der Waals surface area contributed by atoms with E-state index in [4.69, 9.17) is 0 Å². The lowest BCUT2D eigenvalue weighted by atomic mass is 10.1. The van der Waals surface area contributed by atoms with E-state index < -0.39 is 0 Å². The first kappa shape index (κ1) is 12.8. The van der Waals surface area contributed by atoms with Crippen LogP contribution in [0.2, 0.25) is 0 Å². The van der Waals surface area contributed by atoms with Crippen molar-refractivity contribution in [3.05, 3.63) is 36.0 Å². The summed E-state index contributed by atoms with van der Waals surface area (Å²) in [5.41, 5.74) is 3.02. The number of aromatic nitrogens is 3. The average Bonchev–Trinajstić information content (AvgIpc) is 2.88. The molecule has 1 unspecified atom stereocenters. The van der Waals surface area contributed by atoms with Crippen molar-refractivity contribution < 1.29 is 0 Å². The van der Waals surface area contributed by atoms with E-state index in [0.29, 0.717) is 5.92 Å². The van der Waals surface area contributed by atoms with E-state index >= 15 is 0 Å². The Morgan fingerprint density at radius 2 is 2.00 bits per heavy atom. The van der Waals surface area contributed by atoms with E-state index in [2.05, 4.69) is 46.7 Å². The molecule has 4 heteroatoms. The van der Waals surface area contributed by atoms with E-state index in [0.717, 1.165) is 30.0 Å².